The van der Waals surface area contributed by atoms with Crippen LogP contribution in [0.3, 0.4) is 0 Å². The number of ether oxygens (including phenoxy) is 1. The number of aliphatic hydroxyl groups is 1. The van der Waals surface area contributed by atoms with Gasteiger partial charge in [0.1, 0.15) is 11.4 Å². The standard InChI is InChI=1S/C15H13ClF3N3O5/c1-27-12(24)14(26,15(17,18)19)9-10(20)22(13(25)21-11(9)23)6-7-3-2-4-8(16)5-7/h2-5,26H,6,20H2,1H3,(H,21,23,25). The van der Waals surface area contributed by atoms with Crippen LogP contribution in [0.25, 0.3) is 0 Å². The molecule has 27 heavy (non-hydrogen) atoms. The molecule has 0 aliphatic rings. The summed E-state index contributed by atoms with van der Waals surface area (Å²) in [6, 6.07) is 5.95. The molecule has 12 heteroatoms. The van der Waals surface area contributed by atoms with Gasteiger partial charge in [-0.05, 0) is 17.7 Å². The largest absolute Gasteiger partial charge is 0.466 e. The molecule has 4 N–H and O–H groups in total. The highest BCUT2D eigenvalue weighted by Gasteiger charge is 2.64. The maximum atomic E-state index is 13.4. The van der Waals surface area contributed by atoms with Crippen molar-refractivity contribution in [3.8, 4) is 0 Å². The molecule has 1 aromatic carbocycles. The van der Waals surface area contributed by atoms with E-state index in [4.69, 9.17) is 17.3 Å². The van der Waals surface area contributed by atoms with Crippen LogP contribution >= 0.6 is 11.6 Å². The monoisotopic (exact) mass is 407 g/mol. The average Bonchev–Trinajstić information content (AvgIpc) is 2.56. The van der Waals surface area contributed by atoms with Gasteiger partial charge in [-0.15, -0.1) is 0 Å². The van der Waals surface area contributed by atoms with E-state index in [1.54, 1.807) is 4.98 Å². The van der Waals surface area contributed by atoms with Gasteiger partial charge in [0.25, 0.3) is 11.2 Å². The molecule has 0 aliphatic heterocycles. The predicted molar refractivity (Wildman–Crippen MR) is 88.3 cm³/mol. The molecule has 1 atom stereocenters. The van der Waals surface area contributed by atoms with Crippen molar-refractivity contribution in [3.05, 3.63) is 61.3 Å². The van der Waals surface area contributed by atoms with Crippen molar-refractivity contribution in [3.63, 3.8) is 0 Å². The SMILES string of the molecule is COC(=O)C(O)(c1c(N)n(Cc2cccc(Cl)c2)c(=O)[nH]c1=O)C(F)(F)F. The molecule has 0 spiro atoms. The molecule has 146 valence electrons. The summed E-state index contributed by atoms with van der Waals surface area (Å²) >= 11 is 5.81. The quantitative estimate of drug-likeness (QED) is 0.642. The summed E-state index contributed by atoms with van der Waals surface area (Å²) in [7, 11) is 0.589. The van der Waals surface area contributed by atoms with Gasteiger partial charge in [-0.2, -0.15) is 13.2 Å². The number of methoxy groups -OCH3 is 1. The van der Waals surface area contributed by atoms with Gasteiger partial charge in [-0.25, -0.2) is 9.59 Å². The third kappa shape index (κ3) is 3.55. The number of hydrogen-bond acceptors (Lipinski definition) is 6. The third-order valence-corrected chi connectivity index (χ3v) is 3.96. The van der Waals surface area contributed by atoms with Gasteiger partial charge in [0, 0.05) is 5.02 Å². The number of nitrogen functional groups attached to an aromatic ring is 1. The molecule has 0 saturated heterocycles. The van der Waals surface area contributed by atoms with Gasteiger partial charge in [0.2, 0.25) is 0 Å². The van der Waals surface area contributed by atoms with Gasteiger partial charge >= 0.3 is 17.8 Å². The zero-order chi connectivity index (χ0) is 20.6. The molecular weight excluding hydrogens is 395 g/mol. The molecular formula is C15H13ClF3N3O5. The minimum atomic E-state index is -5.65. The first-order chi connectivity index (χ1) is 12.4. The van der Waals surface area contributed by atoms with Gasteiger partial charge < -0.3 is 15.6 Å². The normalized spacial score (nSPS) is 13.9. The summed E-state index contributed by atoms with van der Waals surface area (Å²) in [6.45, 7) is -0.385. The number of rotatable bonds is 4. The summed E-state index contributed by atoms with van der Waals surface area (Å²) < 4.78 is 44.9. The van der Waals surface area contributed by atoms with E-state index in [-0.39, 0.29) is 11.6 Å². The van der Waals surface area contributed by atoms with Crippen LogP contribution in [0.2, 0.25) is 5.02 Å². The lowest BCUT2D eigenvalue weighted by molar-refractivity contribution is -0.267. The van der Waals surface area contributed by atoms with Crippen LogP contribution < -0.4 is 17.0 Å². The van der Waals surface area contributed by atoms with Gasteiger partial charge in [-0.1, -0.05) is 23.7 Å². The summed E-state index contributed by atoms with van der Waals surface area (Å²) in [6.07, 6.45) is -5.65. The van der Waals surface area contributed by atoms with Crippen molar-refractivity contribution in [1.29, 1.82) is 0 Å². The second-order valence-corrected chi connectivity index (χ2v) is 5.87. The maximum absolute atomic E-state index is 13.4. The third-order valence-electron chi connectivity index (χ3n) is 3.72. The molecule has 8 nitrogen and oxygen atoms in total. The smallest absolute Gasteiger partial charge is 0.432 e. The van der Waals surface area contributed by atoms with Crippen molar-refractivity contribution >= 4 is 23.4 Å². The molecule has 0 aliphatic carbocycles. The number of carbonyl (C=O) groups is 1. The van der Waals surface area contributed by atoms with Crippen molar-refractivity contribution in [1.82, 2.24) is 9.55 Å². The zero-order valence-electron chi connectivity index (χ0n) is 13.6. The minimum Gasteiger partial charge on any atom is -0.466 e. The number of carbonyl (C=O) groups excluding carboxylic acids is 1. The highest BCUT2D eigenvalue weighted by molar-refractivity contribution is 6.30. The molecule has 0 radical (unpaired) electrons. The number of hydrogen-bond donors (Lipinski definition) is 3. The average molecular weight is 408 g/mol. The fourth-order valence-corrected chi connectivity index (χ4v) is 2.63. The van der Waals surface area contributed by atoms with Crippen LogP contribution in [0, 0.1) is 0 Å². The van der Waals surface area contributed by atoms with Crippen molar-refractivity contribution in [2.45, 2.75) is 18.3 Å². The van der Waals surface area contributed by atoms with Crippen LogP contribution in [0.1, 0.15) is 11.1 Å². The number of aromatic nitrogens is 2. The Bertz CT molecular complexity index is 1000. The van der Waals surface area contributed by atoms with Crippen LogP contribution in [-0.4, -0.2) is 33.9 Å². The minimum absolute atomic E-state index is 0.283. The summed E-state index contributed by atoms with van der Waals surface area (Å²) in [5, 5.41) is 10.3. The molecule has 1 aromatic heterocycles. The summed E-state index contributed by atoms with van der Waals surface area (Å²) in [5.41, 5.74) is -2.80. The van der Waals surface area contributed by atoms with Crippen LogP contribution in [0.5, 0.6) is 0 Å². The zero-order valence-corrected chi connectivity index (χ0v) is 14.4. The van der Waals surface area contributed by atoms with Crippen molar-refractivity contribution < 1.29 is 27.8 Å². The Hall–Kier alpha value is -2.79. The highest BCUT2D eigenvalue weighted by atomic mass is 35.5. The Balaban J connectivity index is 2.77. The fraction of sp³-hybridized carbons (Fsp3) is 0.267. The first-order valence-corrected chi connectivity index (χ1v) is 7.56. The number of halogens is 4. The van der Waals surface area contributed by atoms with E-state index in [2.05, 4.69) is 4.74 Å². The Morgan fingerprint density at radius 2 is 2.00 bits per heavy atom. The molecule has 0 amide bonds. The molecule has 1 heterocycles. The number of nitrogens with two attached hydrogens (primary N) is 1. The van der Waals surface area contributed by atoms with Crippen LogP contribution in [0.15, 0.2) is 33.9 Å². The van der Waals surface area contributed by atoms with Gasteiger partial charge in [0.05, 0.1) is 13.7 Å². The van der Waals surface area contributed by atoms with E-state index in [9.17, 15) is 32.7 Å². The number of esters is 1. The highest BCUT2D eigenvalue weighted by Crippen LogP contribution is 2.40. The molecule has 0 fully saturated rings. The number of H-pyrrole nitrogens is 1. The first-order valence-electron chi connectivity index (χ1n) is 7.18. The molecule has 2 rings (SSSR count). The number of benzene rings is 1. The van der Waals surface area contributed by atoms with Crippen LogP contribution in [0.4, 0.5) is 19.0 Å². The topological polar surface area (TPSA) is 127 Å². The maximum Gasteiger partial charge on any atom is 0.432 e. The van der Waals surface area contributed by atoms with E-state index in [1.165, 1.54) is 24.3 Å². The Morgan fingerprint density at radius 3 is 2.52 bits per heavy atom. The van der Waals surface area contributed by atoms with Gasteiger partial charge in [0.15, 0.2) is 0 Å². The Labute approximate surface area is 153 Å². The van der Waals surface area contributed by atoms with Gasteiger partial charge in [-0.3, -0.25) is 14.3 Å². The van der Waals surface area contributed by atoms with E-state index in [0.29, 0.717) is 17.2 Å². The summed E-state index contributed by atoms with van der Waals surface area (Å²) in [4.78, 5) is 37.3. The number of nitrogens with zero attached hydrogens (tertiary/aromatic N) is 1. The lowest BCUT2D eigenvalue weighted by atomic mass is 9.94. The number of anilines is 1. The number of aromatic amines is 1. The Kier molecular flexibility index (Phi) is 5.38. The Morgan fingerprint density at radius 1 is 1.37 bits per heavy atom. The van der Waals surface area contributed by atoms with Crippen molar-refractivity contribution in [2.75, 3.05) is 12.8 Å². The molecule has 0 saturated carbocycles. The molecule has 2 aromatic rings. The van der Waals surface area contributed by atoms with E-state index < -0.39 is 40.4 Å². The second kappa shape index (κ2) is 7.08. The predicted octanol–water partition coefficient (Wildman–Crippen LogP) is 0.743. The van der Waals surface area contributed by atoms with E-state index in [0.717, 1.165) is 0 Å². The molecule has 0 bridgehead atoms. The second-order valence-electron chi connectivity index (χ2n) is 5.44. The van der Waals surface area contributed by atoms with Crippen molar-refractivity contribution in [2.24, 2.45) is 0 Å². The van der Waals surface area contributed by atoms with Crippen LogP contribution in [-0.2, 0) is 21.7 Å². The summed E-state index contributed by atoms with van der Waals surface area (Å²) in [5.74, 6) is -3.23. The first kappa shape index (κ1) is 20.5. The van der Waals surface area contributed by atoms with E-state index in [1.807, 2.05) is 0 Å². The lowest BCUT2D eigenvalue weighted by Gasteiger charge is -2.28. The fourth-order valence-electron chi connectivity index (χ4n) is 2.42. The number of nitrogens with one attached hydrogen (secondary N) is 1. The molecule has 1 unspecified atom stereocenters. The lowest BCUT2D eigenvalue weighted by Crippen LogP contribution is -2.54. The van der Waals surface area contributed by atoms with E-state index >= 15 is 0 Å². The number of alkyl halides is 3.